The van der Waals surface area contributed by atoms with Gasteiger partial charge in [-0.2, -0.15) is 0 Å². The van der Waals surface area contributed by atoms with Crippen molar-refractivity contribution in [2.75, 3.05) is 18.9 Å². The normalized spacial score (nSPS) is 11.6. The topological polar surface area (TPSA) is 101 Å². The summed E-state index contributed by atoms with van der Waals surface area (Å²) in [7, 11) is 1.47. The minimum atomic E-state index is -2.29. The van der Waals surface area contributed by atoms with E-state index in [-0.39, 0.29) is 36.1 Å². The maximum atomic E-state index is 14.2. The number of benzene rings is 1. The molecule has 0 aliphatic rings. The molecular formula is C17H18Cl2FN4O3S-. The van der Waals surface area contributed by atoms with Crippen LogP contribution >= 0.6 is 24.8 Å². The van der Waals surface area contributed by atoms with Crippen LogP contribution in [0.2, 0.25) is 0 Å². The largest absolute Gasteiger partial charge is 0.760 e. The Balaban J connectivity index is 0.00000196. The van der Waals surface area contributed by atoms with Gasteiger partial charge in [-0.3, -0.25) is 9.00 Å². The standard InChI is InChI=1S/C17H17FN4O3S.2ClH/c1-22(26(24)25)9-7-11-2-4-13(18)15(10-11)20-14-6-8-19-17-12(14)3-5-16(23)21-17;;/h2-6,8,10H,7,9H2,1H3,(H,24,25)(H2,19,20,21,23);2*1H/p-1. The molecule has 3 rings (SSSR count). The third-order valence-corrected chi connectivity index (χ3v) is 4.59. The molecule has 2 aromatic heterocycles. The molecule has 0 aliphatic carbocycles. The Morgan fingerprint density at radius 1 is 1.21 bits per heavy atom. The van der Waals surface area contributed by atoms with Crippen molar-refractivity contribution in [2.24, 2.45) is 0 Å². The predicted octanol–water partition coefficient (Wildman–Crippen LogP) is 2.92. The average molecular weight is 448 g/mol. The van der Waals surface area contributed by atoms with Crippen LogP contribution in [0.25, 0.3) is 11.0 Å². The summed E-state index contributed by atoms with van der Waals surface area (Å²) in [5, 5.41) is 3.66. The fourth-order valence-electron chi connectivity index (χ4n) is 2.50. The molecular weight excluding hydrogens is 430 g/mol. The summed E-state index contributed by atoms with van der Waals surface area (Å²) in [6.07, 6.45) is 1.96. The summed E-state index contributed by atoms with van der Waals surface area (Å²) in [4.78, 5) is 18.1. The fraction of sp³-hybridized carbons (Fsp3) is 0.176. The minimum Gasteiger partial charge on any atom is -0.760 e. The Hall–Kier alpha value is -2.04. The number of nitrogens with zero attached hydrogens (tertiary/aromatic N) is 2. The van der Waals surface area contributed by atoms with Gasteiger partial charge in [0.05, 0.1) is 11.4 Å². The molecule has 0 fully saturated rings. The molecule has 1 aromatic carbocycles. The van der Waals surface area contributed by atoms with Crippen molar-refractivity contribution in [1.29, 1.82) is 0 Å². The smallest absolute Gasteiger partial charge is 0.249 e. The van der Waals surface area contributed by atoms with Gasteiger partial charge in [-0.05, 0) is 43.3 Å². The molecule has 0 aliphatic heterocycles. The summed E-state index contributed by atoms with van der Waals surface area (Å²) >= 11 is -2.29. The van der Waals surface area contributed by atoms with E-state index in [4.69, 9.17) is 0 Å². The molecule has 0 radical (unpaired) electrons. The lowest BCUT2D eigenvalue weighted by Crippen LogP contribution is -2.23. The van der Waals surface area contributed by atoms with Crippen LogP contribution in [-0.2, 0) is 17.7 Å². The lowest BCUT2D eigenvalue weighted by molar-refractivity contribution is 0.436. The summed E-state index contributed by atoms with van der Waals surface area (Å²) in [6.45, 7) is 0.292. The van der Waals surface area contributed by atoms with Crippen LogP contribution in [0.1, 0.15) is 5.56 Å². The molecule has 11 heteroatoms. The van der Waals surface area contributed by atoms with Crippen molar-refractivity contribution in [3.05, 3.63) is 64.3 Å². The molecule has 3 aromatic rings. The second-order valence-electron chi connectivity index (χ2n) is 5.70. The van der Waals surface area contributed by atoms with Gasteiger partial charge < -0.3 is 14.9 Å². The second-order valence-corrected chi connectivity index (χ2v) is 6.76. The van der Waals surface area contributed by atoms with Gasteiger partial charge in [-0.15, -0.1) is 24.8 Å². The zero-order chi connectivity index (χ0) is 18.7. The van der Waals surface area contributed by atoms with Crippen molar-refractivity contribution >= 4 is 58.5 Å². The molecule has 0 spiro atoms. The van der Waals surface area contributed by atoms with Crippen LogP contribution < -0.4 is 10.9 Å². The van der Waals surface area contributed by atoms with Gasteiger partial charge in [0.2, 0.25) is 5.56 Å². The first-order valence-electron chi connectivity index (χ1n) is 7.78. The number of H-pyrrole nitrogens is 1. The third-order valence-electron chi connectivity index (χ3n) is 3.90. The maximum Gasteiger partial charge on any atom is 0.249 e. The monoisotopic (exact) mass is 447 g/mol. The van der Waals surface area contributed by atoms with Crippen LogP contribution in [0.4, 0.5) is 15.8 Å². The van der Waals surface area contributed by atoms with Crippen LogP contribution in [0.5, 0.6) is 0 Å². The van der Waals surface area contributed by atoms with E-state index in [1.54, 1.807) is 24.3 Å². The number of hydrogen-bond acceptors (Lipinski definition) is 5. The van der Waals surface area contributed by atoms with E-state index < -0.39 is 17.1 Å². The van der Waals surface area contributed by atoms with Crippen molar-refractivity contribution in [3.8, 4) is 0 Å². The first-order chi connectivity index (χ1) is 12.4. The van der Waals surface area contributed by atoms with Gasteiger partial charge in [0.15, 0.2) is 0 Å². The van der Waals surface area contributed by atoms with Gasteiger partial charge in [0, 0.05) is 35.5 Å². The first kappa shape index (κ1) is 24.0. The highest BCUT2D eigenvalue weighted by molar-refractivity contribution is 7.76. The van der Waals surface area contributed by atoms with Gasteiger partial charge in [-0.1, -0.05) is 6.07 Å². The number of aromatic nitrogens is 2. The number of nitrogens with one attached hydrogen (secondary N) is 2. The van der Waals surface area contributed by atoms with Gasteiger partial charge in [0.1, 0.15) is 11.5 Å². The summed E-state index contributed by atoms with van der Waals surface area (Å²) in [5.74, 6) is -0.441. The number of hydrogen-bond donors (Lipinski definition) is 2. The van der Waals surface area contributed by atoms with Gasteiger partial charge in [0.25, 0.3) is 0 Å². The molecule has 2 heterocycles. The SMILES string of the molecule is CN(CCc1ccc(F)c(Nc2ccnc3[nH]c(=O)ccc23)c1)S(=O)[O-].Cl.Cl. The Labute approximate surface area is 175 Å². The second kappa shape index (κ2) is 10.5. The molecule has 0 saturated carbocycles. The lowest BCUT2D eigenvalue weighted by atomic mass is 10.1. The zero-order valence-electron chi connectivity index (χ0n) is 14.7. The highest BCUT2D eigenvalue weighted by Gasteiger charge is 2.08. The van der Waals surface area contributed by atoms with E-state index in [2.05, 4.69) is 15.3 Å². The van der Waals surface area contributed by atoms with Crippen molar-refractivity contribution in [1.82, 2.24) is 14.3 Å². The van der Waals surface area contributed by atoms with E-state index in [0.717, 1.165) is 5.56 Å². The van der Waals surface area contributed by atoms with Crippen molar-refractivity contribution in [2.45, 2.75) is 6.42 Å². The molecule has 0 saturated heterocycles. The summed E-state index contributed by atoms with van der Waals surface area (Å²) in [6, 6.07) is 9.25. The summed E-state index contributed by atoms with van der Waals surface area (Å²) in [5.41, 5.74) is 1.78. The molecule has 152 valence electrons. The van der Waals surface area contributed by atoms with E-state index in [0.29, 0.717) is 29.7 Å². The number of anilines is 2. The molecule has 1 unspecified atom stereocenters. The first-order valence-corrected chi connectivity index (χ1v) is 8.81. The highest BCUT2D eigenvalue weighted by atomic mass is 35.5. The Kier molecular flexibility index (Phi) is 8.99. The molecule has 2 N–H and O–H groups in total. The Morgan fingerprint density at radius 2 is 1.96 bits per heavy atom. The number of aromatic amines is 1. The molecule has 1 atom stereocenters. The molecule has 7 nitrogen and oxygen atoms in total. The number of halogens is 3. The van der Waals surface area contributed by atoms with E-state index in [9.17, 15) is 17.9 Å². The van der Waals surface area contributed by atoms with Crippen molar-refractivity contribution in [3.63, 3.8) is 0 Å². The van der Waals surface area contributed by atoms with E-state index >= 15 is 0 Å². The fourth-order valence-corrected chi connectivity index (χ4v) is 2.74. The van der Waals surface area contributed by atoms with Crippen LogP contribution in [-0.4, -0.2) is 36.6 Å². The van der Waals surface area contributed by atoms with Gasteiger partial charge >= 0.3 is 0 Å². The summed E-state index contributed by atoms with van der Waals surface area (Å²) < 4.78 is 37.1. The Morgan fingerprint density at radius 3 is 2.68 bits per heavy atom. The van der Waals surface area contributed by atoms with Gasteiger partial charge in [-0.25, -0.2) is 13.7 Å². The molecule has 0 bridgehead atoms. The predicted molar refractivity (Wildman–Crippen MR) is 112 cm³/mol. The highest BCUT2D eigenvalue weighted by Crippen LogP contribution is 2.26. The van der Waals surface area contributed by atoms with Crippen LogP contribution in [0, 0.1) is 5.82 Å². The molecule has 28 heavy (non-hydrogen) atoms. The maximum absolute atomic E-state index is 14.2. The number of pyridine rings is 2. The molecule has 0 amide bonds. The number of rotatable bonds is 6. The van der Waals surface area contributed by atoms with Crippen molar-refractivity contribution < 1.29 is 13.2 Å². The van der Waals surface area contributed by atoms with E-state index in [1.165, 1.54) is 29.7 Å². The lowest BCUT2D eigenvalue weighted by Gasteiger charge is -2.19. The average Bonchev–Trinajstić information content (AvgIpc) is 2.61. The van der Waals surface area contributed by atoms with Crippen LogP contribution in [0.15, 0.2) is 47.4 Å². The zero-order valence-corrected chi connectivity index (χ0v) is 17.1. The number of likely N-dealkylation sites (N-methyl/N-ethyl adjacent to an activating group) is 1. The number of fused-ring (bicyclic) bond motifs is 1. The third kappa shape index (κ3) is 5.73. The van der Waals surface area contributed by atoms with E-state index in [1.807, 2.05) is 0 Å². The quantitative estimate of drug-likeness (QED) is 0.565. The van der Waals surface area contributed by atoms with Crippen LogP contribution in [0.3, 0.4) is 0 Å². The minimum absolute atomic E-state index is 0. The Bertz CT molecular complexity index is 1030.